The van der Waals surface area contributed by atoms with E-state index in [4.69, 9.17) is 0 Å². The van der Waals surface area contributed by atoms with Gasteiger partial charge in [0.15, 0.2) is 12.1 Å². The number of Topliss-reactive ketones (excluding diaryl/α,β-unsaturated/α-hetero) is 1. The van der Waals surface area contributed by atoms with Gasteiger partial charge in [-0.05, 0) is 24.3 Å². The number of rotatable bonds is 2. The van der Waals surface area contributed by atoms with Gasteiger partial charge in [0.05, 0.1) is 0 Å². The number of allylic oxidation sites excluding steroid dienone is 2. The molecule has 0 amide bonds. The van der Waals surface area contributed by atoms with Gasteiger partial charge in [-0.2, -0.15) is 4.98 Å². The number of ketones is 1. The predicted molar refractivity (Wildman–Crippen MR) is 93.4 cm³/mol. The number of nitrogens with one attached hydrogen (secondary N) is 1. The third-order valence-electron chi connectivity index (χ3n) is 4.85. The minimum Gasteiger partial charge on any atom is -0.328 e. The Balaban J connectivity index is 1.92. The number of benzene rings is 1. The Bertz CT molecular complexity index is 906. The lowest BCUT2D eigenvalue weighted by Gasteiger charge is -2.38. The number of aromatic nitrogens is 3. The van der Waals surface area contributed by atoms with Gasteiger partial charge in [0.1, 0.15) is 6.04 Å². The fourth-order valence-corrected chi connectivity index (χ4v) is 3.73. The third-order valence-corrected chi connectivity index (χ3v) is 4.85. The summed E-state index contributed by atoms with van der Waals surface area (Å²) in [6.45, 7) is 6.21. The second kappa shape index (κ2) is 5.37. The summed E-state index contributed by atoms with van der Waals surface area (Å²) in [5, 5.41) is 7.54. The lowest BCUT2D eigenvalue weighted by molar-refractivity contribution is -0.118. The zero-order chi connectivity index (χ0) is 17.8. The van der Waals surface area contributed by atoms with Gasteiger partial charge < -0.3 is 5.32 Å². The van der Waals surface area contributed by atoms with Crippen LogP contribution in [-0.2, 0) is 4.79 Å². The average Bonchev–Trinajstić information content (AvgIpc) is 2.95. The summed E-state index contributed by atoms with van der Waals surface area (Å²) in [5.41, 5.74) is 3.64. The molecule has 1 atom stereocenters. The van der Waals surface area contributed by atoms with Crippen LogP contribution in [0.15, 0.2) is 35.5 Å². The van der Waals surface area contributed by atoms with Crippen molar-refractivity contribution < 1.29 is 9.59 Å². The molecule has 1 N–H and O–H groups in total. The molecule has 1 unspecified atom stereocenters. The van der Waals surface area contributed by atoms with Crippen LogP contribution < -0.4 is 5.32 Å². The zero-order valence-corrected chi connectivity index (χ0v) is 14.5. The average molecular weight is 336 g/mol. The number of hydrogen-bond donors (Lipinski definition) is 1. The number of anilines is 1. The number of nitrogens with zero attached hydrogens (tertiary/aromatic N) is 3. The molecule has 6 heteroatoms. The molecule has 6 nitrogen and oxygen atoms in total. The maximum Gasteiger partial charge on any atom is 0.227 e. The molecule has 0 saturated carbocycles. The van der Waals surface area contributed by atoms with E-state index in [9.17, 15) is 9.59 Å². The second-order valence-electron chi connectivity index (χ2n) is 7.63. The largest absolute Gasteiger partial charge is 0.328 e. The van der Waals surface area contributed by atoms with Gasteiger partial charge >= 0.3 is 0 Å². The Morgan fingerprint density at radius 3 is 2.64 bits per heavy atom. The van der Waals surface area contributed by atoms with Crippen molar-refractivity contribution in [2.75, 3.05) is 5.32 Å². The first-order chi connectivity index (χ1) is 11.9. The fraction of sp³-hybridized carbons (Fsp3) is 0.368. The number of fused-ring (bicyclic) bond motifs is 1. The minimum atomic E-state index is -0.350. The van der Waals surface area contributed by atoms with E-state index in [0.29, 0.717) is 18.7 Å². The molecule has 1 aromatic carbocycles. The molecule has 4 rings (SSSR count). The highest BCUT2D eigenvalue weighted by molar-refractivity contribution is 6.00. The summed E-state index contributed by atoms with van der Waals surface area (Å²) in [4.78, 5) is 28.4. The zero-order valence-electron chi connectivity index (χ0n) is 14.5. The van der Waals surface area contributed by atoms with E-state index in [-0.39, 0.29) is 23.1 Å². The highest BCUT2D eigenvalue weighted by Gasteiger charge is 2.41. The number of carbonyl (C=O) groups is 2. The van der Waals surface area contributed by atoms with Crippen LogP contribution in [0, 0.1) is 12.3 Å². The van der Waals surface area contributed by atoms with Gasteiger partial charge in [-0.3, -0.25) is 9.59 Å². The van der Waals surface area contributed by atoms with Crippen LogP contribution in [0.5, 0.6) is 0 Å². The van der Waals surface area contributed by atoms with Gasteiger partial charge in [0, 0.05) is 17.7 Å². The van der Waals surface area contributed by atoms with E-state index in [1.165, 1.54) is 0 Å². The first-order valence-electron chi connectivity index (χ1n) is 8.39. The van der Waals surface area contributed by atoms with Crippen LogP contribution in [0.3, 0.4) is 0 Å². The number of carbonyl (C=O) groups excluding carboxylic acids is 2. The van der Waals surface area contributed by atoms with Crippen molar-refractivity contribution in [1.29, 1.82) is 0 Å². The topological polar surface area (TPSA) is 76.9 Å². The van der Waals surface area contributed by atoms with Crippen LogP contribution >= 0.6 is 0 Å². The monoisotopic (exact) mass is 336 g/mol. The molecule has 1 aliphatic carbocycles. The summed E-state index contributed by atoms with van der Waals surface area (Å²) in [6.07, 6.45) is 1.89. The molecule has 0 bridgehead atoms. The number of hydrogen-bond acceptors (Lipinski definition) is 5. The number of aryl methyl sites for hydroxylation is 1. The Labute approximate surface area is 146 Å². The first-order valence-corrected chi connectivity index (χ1v) is 8.39. The van der Waals surface area contributed by atoms with Gasteiger partial charge in [-0.25, -0.2) is 4.68 Å². The molecule has 2 aliphatic rings. The molecule has 0 radical (unpaired) electrons. The molecule has 1 aliphatic heterocycles. The third kappa shape index (κ3) is 2.58. The quantitative estimate of drug-likeness (QED) is 0.853. The van der Waals surface area contributed by atoms with E-state index in [1.807, 2.05) is 31.2 Å². The molecule has 128 valence electrons. The Hall–Kier alpha value is -2.76. The van der Waals surface area contributed by atoms with Crippen molar-refractivity contribution in [1.82, 2.24) is 14.8 Å². The summed E-state index contributed by atoms with van der Waals surface area (Å²) < 4.78 is 1.66. The normalized spacial score (nSPS) is 21.4. The molecule has 2 heterocycles. The SMILES string of the molecule is Cc1ccc(C2C3=C(CC(C)(C)CC3=O)Nc3nc(C=O)nn32)cc1. The maximum absolute atomic E-state index is 13.0. The molecular formula is C19H20N4O2. The lowest BCUT2D eigenvalue weighted by Crippen LogP contribution is -2.36. The molecule has 2 aromatic rings. The van der Waals surface area contributed by atoms with Crippen molar-refractivity contribution in [2.45, 2.75) is 39.7 Å². The van der Waals surface area contributed by atoms with Crippen LogP contribution in [0.1, 0.15) is 54.5 Å². The van der Waals surface area contributed by atoms with Gasteiger partial charge in [0.2, 0.25) is 11.8 Å². The Kier molecular flexibility index (Phi) is 3.39. The van der Waals surface area contributed by atoms with Crippen LogP contribution in [0.4, 0.5) is 5.95 Å². The summed E-state index contributed by atoms with van der Waals surface area (Å²) in [7, 11) is 0. The summed E-state index contributed by atoms with van der Waals surface area (Å²) >= 11 is 0. The summed E-state index contributed by atoms with van der Waals surface area (Å²) in [6, 6.07) is 7.71. The van der Waals surface area contributed by atoms with E-state index >= 15 is 0 Å². The standard InChI is InChI=1S/C19H20N4O2/c1-11-4-6-12(7-5-11)17-16-13(8-19(2,3)9-14(16)25)20-18-21-15(10-24)22-23(17)18/h4-7,10,17H,8-9H2,1-3H3,(H,20,21,22). The minimum absolute atomic E-state index is 0.101. The molecule has 25 heavy (non-hydrogen) atoms. The summed E-state index contributed by atoms with van der Waals surface area (Å²) in [5.74, 6) is 0.751. The fourth-order valence-electron chi connectivity index (χ4n) is 3.73. The van der Waals surface area contributed by atoms with Crippen molar-refractivity contribution in [3.05, 3.63) is 52.5 Å². The highest BCUT2D eigenvalue weighted by Crippen LogP contribution is 2.45. The molecule has 0 spiro atoms. The Morgan fingerprint density at radius 2 is 1.96 bits per heavy atom. The maximum atomic E-state index is 13.0. The molecule has 0 fully saturated rings. The molecule has 0 saturated heterocycles. The molecular weight excluding hydrogens is 316 g/mol. The van der Waals surface area contributed by atoms with E-state index in [2.05, 4.69) is 29.2 Å². The van der Waals surface area contributed by atoms with E-state index in [1.54, 1.807) is 4.68 Å². The van der Waals surface area contributed by atoms with Crippen LogP contribution in [0.2, 0.25) is 0 Å². The van der Waals surface area contributed by atoms with Gasteiger partial charge in [-0.15, -0.1) is 5.10 Å². The van der Waals surface area contributed by atoms with E-state index in [0.717, 1.165) is 28.8 Å². The first kappa shape index (κ1) is 15.7. The van der Waals surface area contributed by atoms with Crippen LogP contribution in [0.25, 0.3) is 0 Å². The van der Waals surface area contributed by atoms with Crippen LogP contribution in [-0.4, -0.2) is 26.8 Å². The lowest BCUT2D eigenvalue weighted by atomic mass is 9.73. The second-order valence-corrected chi connectivity index (χ2v) is 7.63. The predicted octanol–water partition coefficient (Wildman–Crippen LogP) is 3.06. The van der Waals surface area contributed by atoms with E-state index < -0.39 is 0 Å². The van der Waals surface area contributed by atoms with Crippen molar-refractivity contribution in [3.8, 4) is 0 Å². The van der Waals surface area contributed by atoms with Crippen molar-refractivity contribution in [2.24, 2.45) is 5.41 Å². The number of aldehydes is 1. The van der Waals surface area contributed by atoms with Crippen molar-refractivity contribution in [3.63, 3.8) is 0 Å². The Morgan fingerprint density at radius 1 is 1.24 bits per heavy atom. The smallest absolute Gasteiger partial charge is 0.227 e. The van der Waals surface area contributed by atoms with Gasteiger partial charge in [-0.1, -0.05) is 43.7 Å². The molecule has 1 aromatic heterocycles. The van der Waals surface area contributed by atoms with Crippen molar-refractivity contribution >= 4 is 18.0 Å². The van der Waals surface area contributed by atoms with Gasteiger partial charge in [0.25, 0.3) is 0 Å². The highest BCUT2D eigenvalue weighted by atomic mass is 16.1.